The number of aromatic nitrogens is 1. The van der Waals surface area contributed by atoms with Gasteiger partial charge >= 0.3 is 0 Å². The lowest BCUT2D eigenvalue weighted by Gasteiger charge is -2.22. The van der Waals surface area contributed by atoms with Crippen molar-refractivity contribution in [2.75, 3.05) is 27.2 Å². The summed E-state index contributed by atoms with van der Waals surface area (Å²) in [7, 11) is -0.517. The summed E-state index contributed by atoms with van der Waals surface area (Å²) in [5.41, 5.74) is -0.146. The molecule has 0 spiro atoms. The van der Waals surface area contributed by atoms with E-state index in [0.29, 0.717) is 6.67 Å². The SMILES string of the molecule is CN(C)S(=O)(=O)c1ccc(=O)n(C[NH+]2CCCCCCC2)c1. The van der Waals surface area contributed by atoms with E-state index in [0.717, 1.165) is 13.1 Å². The molecule has 1 aromatic rings. The van der Waals surface area contributed by atoms with E-state index in [9.17, 15) is 13.2 Å². The van der Waals surface area contributed by atoms with Gasteiger partial charge in [-0.1, -0.05) is 6.42 Å². The second-order valence-electron chi connectivity index (χ2n) is 6.14. The largest absolute Gasteiger partial charge is 0.317 e. The molecule has 1 fully saturated rings. The minimum Gasteiger partial charge on any atom is -0.317 e. The number of quaternary nitrogens is 1. The Kier molecular flexibility index (Phi) is 5.77. The van der Waals surface area contributed by atoms with Gasteiger partial charge in [-0.3, -0.25) is 9.36 Å². The molecule has 1 aliphatic rings. The first kappa shape index (κ1) is 17.2. The molecule has 22 heavy (non-hydrogen) atoms. The Hall–Kier alpha value is -1.18. The fourth-order valence-corrected chi connectivity index (χ4v) is 3.72. The monoisotopic (exact) mass is 328 g/mol. The average Bonchev–Trinajstić information content (AvgIpc) is 2.43. The van der Waals surface area contributed by atoms with Crippen LogP contribution in [0.4, 0.5) is 0 Å². The Morgan fingerprint density at radius 3 is 2.27 bits per heavy atom. The van der Waals surface area contributed by atoms with Gasteiger partial charge in [0, 0.05) is 26.4 Å². The van der Waals surface area contributed by atoms with Gasteiger partial charge in [-0.2, -0.15) is 0 Å². The quantitative estimate of drug-likeness (QED) is 0.840. The van der Waals surface area contributed by atoms with Gasteiger partial charge in [0.2, 0.25) is 10.0 Å². The fraction of sp³-hybridized carbons (Fsp3) is 0.667. The molecule has 0 radical (unpaired) electrons. The lowest BCUT2D eigenvalue weighted by Crippen LogP contribution is -3.11. The van der Waals surface area contributed by atoms with Gasteiger partial charge in [-0.25, -0.2) is 12.7 Å². The zero-order valence-corrected chi connectivity index (χ0v) is 14.2. The summed E-state index contributed by atoms with van der Waals surface area (Å²) in [6, 6.07) is 2.73. The van der Waals surface area contributed by atoms with Crippen LogP contribution in [0.1, 0.15) is 32.1 Å². The number of likely N-dealkylation sites (tertiary alicyclic amines) is 1. The van der Waals surface area contributed by atoms with Gasteiger partial charge in [0.15, 0.2) is 6.67 Å². The van der Waals surface area contributed by atoms with Crippen LogP contribution in [0.3, 0.4) is 0 Å². The predicted octanol–water partition coefficient (Wildman–Crippen LogP) is -0.0949. The Morgan fingerprint density at radius 2 is 1.68 bits per heavy atom. The van der Waals surface area contributed by atoms with E-state index < -0.39 is 10.0 Å². The maximum atomic E-state index is 12.2. The van der Waals surface area contributed by atoms with Gasteiger partial charge in [0.1, 0.15) is 0 Å². The van der Waals surface area contributed by atoms with E-state index in [1.54, 1.807) is 0 Å². The first-order valence-electron chi connectivity index (χ1n) is 7.88. The number of pyridine rings is 1. The van der Waals surface area contributed by atoms with Crippen molar-refractivity contribution < 1.29 is 13.3 Å². The van der Waals surface area contributed by atoms with Crippen LogP contribution in [-0.2, 0) is 16.7 Å². The molecule has 0 saturated carbocycles. The van der Waals surface area contributed by atoms with E-state index in [-0.39, 0.29) is 10.5 Å². The van der Waals surface area contributed by atoms with E-state index in [1.807, 2.05) is 0 Å². The first-order valence-corrected chi connectivity index (χ1v) is 9.32. The van der Waals surface area contributed by atoms with E-state index in [4.69, 9.17) is 0 Å². The van der Waals surface area contributed by atoms with Crippen molar-refractivity contribution >= 4 is 10.0 Å². The highest BCUT2D eigenvalue weighted by Crippen LogP contribution is 2.10. The second kappa shape index (κ2) is 7.39. The number of rotatable bonds is 4. The molecule has 0 aliphatic carbocycles. The third-order valence-corrected chi connectivity index (χ3v) is 5.99. The highest BCUT2D eigenvalue weighted by atomic mass is 32.2. The molecule has 0 amide bonds. The van der Waals surface area contributed by atoms with Crippen LogP contribution >= 0.6 is 0 Å². The molecule has 0 bridgehead atoms. The van der Waals surface area contributed by atoms with E-state index in [2.05, 4.69) is 0 Å². The van der Waals surface area contributed by atoms with Crippen molar-refractivity contribution in [1.82, 2.24) is 8.87 Å². The molecule has 6 nitrogen and oxygen atoms in total. The molecule has 1 aromatic heterocycles. The number of sulfonamides is 1. The van der Waals surface area contributed by atoms with Gasteiger partial charge in [0.05, 0.1) is 18.0 Å². The molecule has 1 N–H and O–H groups in total. The molecule has 1 saturated heterocycles. The van der Waals surface area contributed by atoms with Crippen LogP contribution in [0.5, 0.6) is 0 Å². The van der Waals surface area contributed by atoms with Crippen LogP contribution in [0, 0.1) is 0 Å². The molecule has 0 unspecified atom stereocenters. The van der Waals surface area contributed by atoms with Crippen molar-refractivity contribution in [3.63, 3.8) is 0 Å². The first-order chi connectivity index (χ1) is 10.4. The van der Waals surface area contributed by atoms with Crippen LogP contribution in [0.2, 0.25) is 0 Å². The summed E-state index contributed by atoms with van der Waals surface area (Å²) in [5.74, 6) is 0. The normalized spacial score (nSPS) is 18.1. The Balaban J connectivity index is 2.21. The van der Waals surface area contributed by atoms with Crippen molar-refractivity contribution in [3.8, 4) is 0 Å². The Bertz CT molecular complexity index is 644. The smallest absolute Gasteiger partial charge is 0.254 e. The summed E-state index contributed by atoms with van der Waals surface area (Å²) in [6.07, 6.45) is 7.59. The Labute approximate surface area is 132 Å². The third kappa shape index (κ3) is 4.18. The lowest BCUT2D eigenvalue weighted by atomic mass is 10.1. The Morgan fingerprint density at radius 1 is 1.09 bits per heavy atom. The molecule has 7 heteroatoms. The maximum Gasteiger partial charge on any atom is 0.254 e. The zero-order chi connectivity index (χ0) is 16.2. The summed E-state index contributed by atoms with van der Waals surface area (Å²) >= 11 is 0. The molecule has 0 atom stereocenters. The van der Waals surface area contributed by atoms with Crippen molar-refractivity contribution in [2.45, 2.75) is 43.7 Å². The van der Waals surface area contributed by atoms with Crippen LogP contribution in [0.25, 0.3) is 0 Å². The number of hydrogen-bond acceptors (Lipinski definition) is 3. The maximum absolute atomic E-state index is 12.2. The molecule has 1 aliphatic heterocycles. The number of hydrogen-bond donors (Lipinski definition) is 1. The summed E-state index contributed by atoms with van der Waals surface area (Å²) in [5, 5.41) is 0. The predicted molar refractivity (Wildman–Crippen MR) is 85.4 cm³/mol. The molecule has 0 aromatic carbocycles. The average molecular weight is 328 g/mol. The second-order valence-corrected chi connectivity index (χ2v) is 8.29. The van der Waals surface area contributed by atoms with Crippen molar-refractivity contribution in [1.29, 1.82) is 0 Å². The molecule has 124 valence electrons. The third-order valence-electron chi connectivity index (χ3n) is 4.19. The highest BCUT2D eigenvalue weighted by molar-refractivity contribution is 7.89. The molecular weight excluding hydrogens is 302 g/mol. The van der Waals surface area contributed by atoms with E-state index in [1.165, 1.54) is 78.3 Å². The standard InChI is InChI=1S/C15H25N3O3S/c1-16(2)22(20,21)14-8-9-15(19)18(12-14)13-17-10-6-4-3-5-7-11-17/h8-9,12H,3-7,10-11,13H2,1-2H3/p+1. The van der Waals surface area contributed by atoms with Crippen LogP contribution in [0.15, 0.2) is 28.0 Å². The van der Waals surface area contributed by atoms with Gasteiger partial charge in [-0.15, -0.1) is 0 Å². The lowest BCUT2D eigenvalue weighted by molar-refractivity contribution is -0.924. The van der Waals surface area contributed by atoms with Gasteiger partial charge in [0.25, 0.3) is 5.56 Å². The van der Waals surface area contributed by atoms with Gasteiger partial charge in [-0.05, 0) is 31.7 Å². The van der Waals surface area contributed by atoms with Crippen molar-refractivity contribution in [2.24, 2.45) is 0 Å². The molecule has 2 rings (SSSR count). The summed E-state index contributed by atoms with van der Waals surface area (Å²) in [6.45, 7) is 2.61. The van der Waals surface area contributed by atoms with Crippen LogP contribution < -0.4 is 10.5 Å². The topological polar surface area (TPSA) is 63.8 Å². The van der Waals surface area contributed by atoms with Crippen molar-refractivity contribution in [3.05, 3.63) is 28.7 Å². The molecular formula is C15H26N3O3S+. The molecule has 2 heterocycles. The van der Waals surface area contributed by atoms with Crippen LogP contribution in [-0.4, -0.2) is 44.5 Å². The minimum atomic E-state index is -3.51. The number of nitrogens with one attached hydrogen (secondary N) is 1. The zero-order valence-electron chi connectivity index (χ0n) is 13.4. The fourth-order valence-electron chi connectivity index (χ4n) is 2.80. The summed E-state index contributed by atoms with van der Waals surface area (Å²) < 4.78 is 27.1. The highest BCUT2D eigenvalue weighted by Gasteiger charge is 2.19. The minimum absolute atomic E-state index is 0.146. The number of nitrogens with zero attached hydrogens (tertiary/aromatic N) is 2. The van der Waals surface area contributed by atoms with Gasteiger partial charge < -0.3 is 4.90 Å². The summed E-state index contributed by atoms with van der Waals surface area (Å²) in [4.78, 5) is 13.6. The van der Waals surface area contributed by atoms with E-state index >= 15 is 0 Å².